The van der Waals surface area contributed by atoms with Gasteiger partial charge in [-0.05, 0) is 24.3 Å². The molecule has 98 valence electrons. The van der Waals surface area contributed by atoms with Crippen LogP contribution in [0, 0.1) is 0 Å². The number of amides is 1. The fraction of sp³-hybridized carbons (Fsp3) is 0.133. The Hall–Kier alpha value is -2.49. The molecule has 0 spiro atoms. The third-order valence-corrected chi connectivity index (χ3v) is 2.96. The first-order chi connectivity index (χ1) is 9.13. The molecule has 0 aliphatic carbocycles. The van der Waals surface area contributed by atoms with Crippen molar-refractivity contribution in [2.24, 2.45) is 0 Å². The standard InChI is InChI=1S/C15H16N2O2/c1-16-15(19)13-9-8-12(18)10-14(13)17(2)11-6-4-3-5-7-11/h3-10,18H,1-2H3,(H,16,19). The Labute approximate surface area is 112 Å². The molecule has 0 fully saturated rings. The summed E-state index contributed by atoms with van der Waals surface area (Å²) >= 11 is 0. The van der Waals surface area contributed by atoms with Crippen LogP contribution in [-0.2, 0) is 0 Å². The molecule has 2 N–H and O–H groups in total. The van der Waals surface area contributed by atoms with Crippen molar-refractivity contribution in [1.82, 2.24) is 5.32 Å². The molecule has 2 aromatic carbocycles. The number of carbonyl (C=O) groups excluding carboxylic acids is 1. The minimum atomic E-state index is -0.183. The van der Waals surface area contributed by atoms with Gasteiger partial charge in [-0.3, -0.25) is 4.79 Å². The third-order valence-electron chi connectivity index (χ3n) is 2.96. The molecule has 0 radical (unpaired) electrons. The quantitative estimate of drug-likeness (QED) is 0.887. The van der Waals surface area contributed by atoms with Crippen LogP contribution in [0.2, 0.25) is 0 Å². The van der Waals surface area contributed by atoms with Crippen molar-refractivity contribution in [2.75, 3.05) is 19.0 Å². The summed E-state index contributed by atoms with van der Waals surface area (Å²) in [5, 5.41) is 12.2. The molecule has 0 aliphatic heterocycles. The van der Waals surface area contributed by atoms with Gasteiger partial charge in [-0.15, -0.1) is 0 Å². The Morgan fingerprint density at radius 1 is 1.16 bits per heavy atom. The highest BCUT2D eigenvalue weighted by atomic mass is 16.3. The van der Waals surface area contributed by atoms with Crippen LogP contribution in [0.5, 0.6) is 5.75 Å². The summed E-state index contributed by atoms with van der Waals surface area (Å²) in [5.74, 6) is -0.0526. The Kier molecular flexibility index (Phi) is 3.71. The summed E-state index contributed by atoms with van der Waals surface area (Å²) in [6.07, 6.45) is 0. The van der Waals surface area contributed by atoms with Gasteiger partial charge in [0.05, 0.1) is 11.3 Å². The number of nitrogens with zero attached hydrogens (tertiary/aromatic N) is 1. The zero-order valence-electron chi connectivity index (χ0n) is 10.9. The number of hydrogen-bond acceptors (Lipinski definition) is 3. The van der Waals surface area contributed by atoms with E-state index in [1.54, 1.807) is 19.2 Å². The normalized spacial score (nSPS) is 10.0. The Bertz CT molecular complexity index is 582. The molecule has 0 atom stereocenters. The van der Waals surface area contributed by atoms with Crippen molar-refractivity contribution >= 4 is 17.3 Å². The van der Waals surface area contributed by atoms with Crippen LogP contribution in [0.15, 0.2) is 48.5 Å². The maximum absolute atomic E-state index is 11.9. The van der Waals surface area contributed by atoms with Gasteiger partial charge < -0.3 is 15.3 Å². The fourth-order valence-corrected chi connectivity index (χ4v) is 1.91. The third kappa shape index (κ3) is 2.68. The maximum Gasteiger partial charge on any atom is 0.253 e. The summed E-state index contributed by atoms with van der Waals surface area (Å²) in [7, 11) is 3.44. The van der Waals surface area contributed by atoms with E-state index in [2.05, 4.69) is 5.32 Å². The Balaban J connectivity index is 2.49. The second kappa shape index (κ2) is 5.44. The predicted octanol–water partition coefficient (Wildman–Crippen LogP) is 2.52. The zero-order valence-corrected chi connectivity index (χ0v) is 10.9. The van der Waals surface area contributed by atoms with Crippen LogP contribution in [-0.4, -0.2) is 25.1 Å². The molecule has 0 heterocycles. The minimum absolute atomic E-state index is 0.130. The lowest BCUT2D eigenvalue weighted by atomic mass is 10.1. The van der Waals surface area contributed by atoms with Crippen LogP contribution >= 0.6 is 0 Å². The van der Waals surface area contributed by atoms with Gasteiger partial charge in [0.15, 0.2) is 0 Å². The van der Waals surface area contributed by atoms with Crippen molar-refractivity contribution in [1.29, 1.82) is 0 Å². The monoisotopic (exact) mass is 256 g/mol. The Morgan fingerprint density at radius 2 is 1.84 bits per heavy atom. The average Bonchev–Trinajstić information content (AvgIpc) is 2.46. The molecule has 19 heavy (non-hydrogen) atoms. The molecular formula is C15H16N2O2. The van der Waals surface area contributed by atoms with Crippen molar-refractivity contribution < 1.29 is 9.90 Å². The molecule has 0 bridgehead atoms. The Morgan fingerprint density at radius 3 is 2.47 bits per heavy atom. The molecule has 0 aliphatic rings. The maximum atomic E-state index is 11.9. The number of benzene rings is 2. The van der Waals surface area contributed by atoms with E-state index in [0.717, 1.165) is 5.69 Å². The molecule has 2 aromatic rings. The second-order valence-electron chi connectivity index (χ2n) is 4.18. The first kappa shape index (κ1) is 13.0. The van der Waals surface area contributed by atoms with Crippen LogP contribution in [0.4, 0.5) is 11.4 Å². The number of rotatable bonds is 3. The molecular weight excluding hydrogens is 240 g/mol. The minimum Gasteiger partial charge on any atom is -0.508 e. The lowest BCUT2D eigenvalue weighted by molar-refractivity contribution is 0.0963. The largest absolute Gasteiger partial charge is 0.508 e. The van der Waals surface area contributed by atoms with Crippen molar-refractivity contribution in [2.45, 2.75) is 0 Å². The number of para-hydroxylation sites is 1. The van der Waals surface area contributed by atoms with E-state index < -0.39 is 0 Å². The van der Waals surface area contributed by atoms with E-state index in [1.807, 2.05) is 42.3 Å². The number of phenols is 1. The number of anilines is 2. The highest BCUT2D eigenvalue weighted by molar-refractivity contribution is 6.00. The summed E-state index contributed by atoms with van der Waals surface area (Å²) in [5.41, 5.74) is 2.12. The molecule has 2 rings (SSSR count). The number of aromatic hydroxyl groups is 1. The second-order valence-corrected chi connectivity index (χ2v) is 4.18. The van der Waals surface area contributed by atoms with E-state index in [4.69, 9.17) is 0 Å². The molecule has 0 saturated heterocycles. The molecule has 4 heteroatoms. The molecule has 1 amide bonds. The number of hydrogen-bond donors (Lipinski definition) is 2. The summed E-state index contributed by atoms with van der Waals surface area (Å²) in [6.45, 7) is 0. The lowest BCUT2D eigenvalue weighted by Crippen LogP contribution is -2.21. The predicted molar refractivity (Wildman–Crippen MR) is 76.0 cm³/mol. The van der Waals surface area contributed by atoms with Gasteiger partial charge in [0, 0.05) is 25.8 Å². The van der Waals surface area contributed by atoms with E-state index >= 15 is 0 Å². The van der Waals surface area contributed by atoms with Crippen LogP contribution in [0.25, 0.3) is 0 Å². The van der Waals surface area contributed by atoms with Gasteiger partial charge in [-0.1, -0.05) is 18.2 Å². The SMILES string of the molecule is CNC(=O)c1ccc(O)cc1N(C)c1ccccc1. The van der Waals surface area contributed by atoms with Crippen LogP contribution < -0.4 is 10.2 Å². The summed E-state index contributed by atoms with van der Waals surface area (Å²) in [6, 6.07) is 14.4. The smallest absolute Gasteiger partial charge is 0.253 e. The first-order valence-electron chi connectivity index (χ1n) is 5.97. The zero-order chi connectivity index (χ0) is 13.8. The van der Waals surface area contributed by atoms with Crippen LogP contribution in [0.1, 0.15) is 10.4 Å². The number of nitrogens with one attached hydrogen (secondary N) is 1. The van der Waals surface area contributed by atoms with Crippen molar-refractivity contribution in [3.63, 3.8) is 0 Å². The first-order valence-corrected chi connectivity index (χ1v) is 5.97. The fourth-order valence-electron chi connectivity index (χ4n) is 1.91. The topological polar surface area (TPSA) is 52.6 Å². The highest BCUT2D eigenvalue weighted by Crippen LogP contribution is 2.30. The average molecular weight is 256 g/mol. The summed E-state index contributed by atoms with van der Waals surface area (Å²) < 4.78 is 0. The van der Waals surface area contributed by atoms with E-state index in [9.17, 15) is 9.90 Å². The van der Waals surface area contributed by atoms with Gasteiger partial charge >= 0.3 is 0 Å². The van der Waals surface area contributed by atoms with Crippen molar-refractivity contribution in [3.05, 3.63) is 54.1 Å². The van der Waals surface area contributed by atoms with E-state index in [-0.39, 0.29) is 11.7 Å². The van der Waals surface area contributed by atoms with E-state index in [0.29, 0.717) is 11.3 Å². The number of phenolic OH excluding ortho intramolecular Hbond substituents is 1. The van der Waals surface area contributed by atoms with E-state index in [1.165, 1.54) is 6.07 Å². The molecule has 0 aromatic heterocycles. The highest BCUT2D eigenvalue weighted by Gasteiger charge is 2.15. The summed E-state index contributed by atoms with van der Waals surface area (Å²) in [4.78, 5) is 13.7. The van der Waals surface area contributed by atoms with Crippen LogP contribution in [0.3, 0.4) is 0 Å². The molecule has 0 saturated carbocycles. The lowest BCUT2D eigenvalue weighted by Gasteiger charge is -2.22. The molecule has 4 nitrogen and oxygen atoms in total. The van der Waals surface area contributed by atoms with Gasteiger partial charge in [0.2, 0.25) is 0 Å². The number of carbonyl (C=O) groups is 1. The van der Waals surface area contributed by atoms with Crippen molar-refractivity contribution in [3.8, 4) is 5.75 Å². The van der Waals surface area contributed by atoms with Gasteiger partial charge in [0.25, 0.3) is 5.91 Å². The molecule has 0 unspecified atom stereocenters. The van der Waals surface area contributed by atoms with Gasteiger partial charge in [-0.25, -0.2) is 0 Å². The van der Waals surface area contributed by atoms with Gasteiger partial charge in [0.1, 0.15) is 5.75 Å². The van der Waals surface area contributed by atoms with Gasteiger partial charge in [-0.2, -0.15) is 0 Å².